The molecular weight excluding hydrogens is 168 g/mol. The van der Waals surface area contributed by atoms with Gasteiger partial charge in [0.15, 0.2) is 0 Å². The van der Waals surface area contributed by atoms with Crippen LogP contribution in [0.2, 0.25) is 0 Å². The van der Waals surface area contributed by atoms with Gasteiger partial charge < -0.3 is 15.6 Å². The molecule has 0 unspecified atom stereocenters. The number of rotatable bonds is 5. The van der Waals surface area contributed by atoms with Crippen LogP contribution in [-0.2, 0) is 6.54 Å². The van der Waals surface area contributed by atoms with Crippen molar-refractivity contribution >= 4 is 0 Å². The number of ether oxygens (including phenoxy) is 1. The van der Waals surface area contributed by atoms with Gasteiger partial charge in [-0.25, -0.2) is 0 Å². The lowest BCUT2D eigenvalue weighted by Gasteiger charge is -2.05. The van der Waals surface area contributed by atoms with E-state index in [-0.39, 0.29) is 6.61 Å². The Hall–Kier alpha value is -1.13. The van der Waals surface area contributed by atoms with Crippen LogP contribution in [0, 0.1) is 0 Å². The van der Waals surface area contributed by atoms with E-state index in [2.05, 4.69) is 4.98 Å². The van der Waals surface area contributed by atoms with E-state index in [0.717, 1.165) is 11.4 Å². The number of aliphatic hydroxyl groups is 1. The van der Waals surface area contributed by atoms with Crippen molar-refractivity contribution in [3.63, 3.8) is 0 Å². The number of hydrogen-bond donors (Lipinski definition) is 2. The second-order valence-electron chi connectivity index (χ2n) is 2.61. The van der Waals surface area contributed by atoms with Crippen molar-refractivity contribution < 1.29 is 9.84 Å². The summed E-state index contributed by atoms with van der Waals surface area (Å²) < 4.78 is 5.33. The second kappa shape index (κ2) is 5.50. The number of pyridine rings is 1. The van der Waals surface area contributed by atoms with Crippen LogP contribution >= 0.6 is 0 Å². The zero-order chi connectivity index (χ0) is 9.52. The van der Waals surface area contributed by atoms with Crippen LogP contribution in [0.25, 0.3) is 0 Å². The fourth-order valence-electron chi connectivity index (χ4n) is 0.912. The van der Waals surface area contributed by atoms with Crippen molar-refractivity contribution in [3.05, 3.63) is 24.0 Å². The molecule has 0 radical (unpaired) electrons. The molecule has 0 bridgehead atoms. The molecular formula is C9H14N2O2. The lowest BCUT2D eigenvalue weighted by molar-refractivity contribution is 0.233. The fourth-order valence-corrected chi connectivity index (χ4v) is 0.912. The van der Waals surface area contributed by atoms with Gasteiger partial charge in [0, 0.05) is 31.8 Å². The standard InChI is InChI=1S/C9H14N2O2/c10-7-8-6-9(2-3-11-8)13-5-1-4-12/h2-3,6,12H,1,4-5,7,10H2. The molecule has 0 aromatic carbocycles. The van der Waals surface area contributed by atoms with Crippen molar-refractivity contribution in [2.24, 2.45) is 5.73 Å². The predicted molar refractivity (Wildman–Crippen MR) is 49.3 cm³/mol. The Morgan fingerprint density at radius 1 is 1.54 bits per heavy atom. The molecule has 1 heterocycles. The number of nitrogens with two attached hydrogens (primary N) is 1. The first kappa shape index (κ1) is 9.95. The summed E-state index contributed by atoms with van der Waals surface area (Å²) in [6.07, 6.45) is 2.30. The topological polar surface area (TPSA) is 68.4 Å². The first-order chi connectivity index (χ1) is 6.36. The number of nitrogens with zero attached hydrogens (tertiary/aromatic N) is 1. The summed E-state index contributed by atoms with van der Waals surface area (Å²) >= 11 is 0. The van der Waals surface area contributed by atoms with Crippen molar-refractivity contribution in [3.8, 4) is 5.75 Å². The van der Waals surface area contributed by atoms with Gasteiger partial charge in [-0.15, -0.1) is 0 Å². The Kier molecular flexibility index (Phi) is 4.21. The molecule has 4 nitrogen and oxygen atoms in total. The highest BCUT2D eigenvalue weighted by Gasteiger charge is 1.95. The number of hydrogen-bond acceptors (Lipinski definition) is 4. The molecule has 4 heteroatoms. The largest absolute Gasteiger partial charge is 0.493 e. The summed E-state index contributed by atoms with van der Waals surface area (Å²) in [6, 6.07) is 3.58. The Morgan fingerprint density at radius 2 is 2.38 bits per heavy atom. The summed E-state index contributed by atoms with van der Waals surface area (Å²) in [5.41, 5.74) is 6.22. The maximum absolute atomic E-state index is 8.53. The zero-order valence-electron chi connectivity index (χ0n) is 7.44. The van der Waals surface area contributed by atoms with E-state index in [0.29, 0.717) is 19.6 Å². The highest BCUT2D eigenvalue weighted by Crippen LogP contribution is 2.10. The second-order valence-corrected chi connectivity index (χ2v) is 2.61. The normalized spacial score (nSPS) is 10.0. The molecule has 1 rings (SSSR count). The van der Waals surface area contributed by atoms with Gasteiger partial charge in [0.1, 0.15) is 5.75 Å². The lowest BCUT2D eigenvalue weighted by Crippen LogP contribution is -2.02. The van der Waals surface area contributed by atoms with E-state index in [9.17, 15) is 0 Å². The molecule has 0 spiro atoms. The molecule has 0 aliphatic carbocycles. The minimum absolute atomic E-state index is 0.148. The van der Waals surface area contributed by atoms with Gasteiger partial charge in [-0.1, -0.05) is 0 Å². The molecule has 13 heavy (non-hydrogen) atoms. The van der Waals surface area contributed by atoms with Crippen LogP contribution in [0.1, 0.15) is 12.1 Å². The summed E-state index contributed by atoms with van der Waals surface area (Å²) in [6.45, 7) is 1.08. The maximum atomic E-state index is 8.53. The Labute approximate surface area is 77.4 Å². The number of aromatic nitrogens is 1. The zero-order valence-corrected chi connectivity index (χ0v) is 7.44. The van der Waals surface area contributed by atoms with Crippen molar-refractivity contribution in [1.82, 2.24) is 4.98 Å². The predicted octanol–water partition coefficient (Wildman–Crippen LogP) is 0.301. The van der Waals surface area contributed by atoms with Gasteiger partial charge in [-0.05, 0) is 6.07 Å². The van der Waals surface area contributed by atoms with Gasteiger partial charge in [0.05, 0.1) is 12.3 Å². The average molecular weight is 182 g/mol. The van der Waals surface area contributed by atoms with Crippen LogP contribution < -0.4 is 10.5 Å². The molecule has 1 aromatic heterocycles. The minimum Gasteiger partial charge on any atom is -0.493 e. The molecule has 0 atom stereocenters. The van der Waals surface area contributed by atoms with Crippen LogP contribution in [-0.4, -0.2) is 23.3 Å². The van der Waals surface area contributed by atoms with Crippen LogP contribution in [0.15, 0.2) is 18.3 Å². The van der Waals surface area contributed by atoms with Crippen LogP contribution in [0.5, 0.6) is 5.75 Å². The van der Waals surface area contributed by atoms with E-state index in [1.54, 1.807) is 18.3 Å². The Bertz CT molecular complexity index is 253. The fraction of sp³-hybridized carbons (Fsp3) is 0.444. The molecule has 72 valence electrons. The highest BCUT2D eigenvalue weighted by atomic mass is 16.5. The van der Waals surface area contributed by atoms with Crippen LogP contribution in [0.4, 0.5) is 0 Å². The van der Waals surface area contributed by atoms with Gasteiger partial charge in [-0.3, -0.25) is 4.98 Å². The third-order valence-corrected chi connectivity index (χ3v) is 1.57. The molecule has 0 aliphatic heterocycles. The van der Waals surface area contributed by atoms with Gasteiger partial charge in [0.2, 0.25) is 0 Å². The highest BCUT2D eigenvalue weighted by molar-refractivity contribution is 5.22. The molecule has 0 saturated heterocycles. The molecule has 0 saturated carbocycles. The summed E-state index contributed by atoms with van der Waals surface area (Å²) in [4.78, 5) is 4.03. The number of aliphatic hydroxyl groups excluding tert-OH is 1. The quantitative estimate of drug-likeness (QED) is 0.643. The van der Waals surface area contributed by atoms with Gasteiger partial charge in [0.25, 0.3) is 0 Å². The monoisotopic (exact) mass is 182 g/mol. The molecule has 1 aromatic rings. The van der Waals surface area contributed by atoms with E-state index >= 15 is 0 Å². The van der Waals surface area contributed by atoms with Crippen molar-refractivity contribution in [2.75, 3.05) is 13.2 Å². The molecule has 0 fully saturated rings. The maximum Gasteiger partial charge on any atom is 0.122 e. The smallest absolute Gasteiger partial charge is 0.122 e. The third-order valence-electron chi connectivity index (χ3n) is 1.57. The van der Waals surface area contributed by atoms with E-state index in [1.807, 2.05) is 0 Å². The minimum atomic E-state index is 0.148. The molecule has 0 amide bonds. The third kappa shape index (κ3) is 3.40. The molecule has 3 N–H and O–H groups in total. The first-order valence-electron chi connectivity index (χ1n) is 4.25. The Balaban J connectivity index is 2.46. The van der Waals surface area contributed by atoms with Crippen molar-refractivity contribution in [1.29, 1.82) is 0 Å². The summed E-state index contributed by atoms with van der Waals surface area (Å²) in [5, 5.41) is 8.53. The lowest BCUT2D eigenvalue weighted by atomic mass is 10.3. The average Bonchev–Trinajstić information content (AvgIpc) is 2.19. The van der Waals surface area contributed by atoms with Crippen molar-refractivity contribution in [2.45, 2.75) is 13.0 Å². The summed E-state index contributed by atoms with van der Waals surface area (Å²) in [5.74, 6) is 0.754. The summed E-state index contributed by atoms with van der Waals surface area (Å²) in [7, 11) is 0. The van der Waals surface area contributed by atoms with E-state index in [4.69, 9.17) is 15.6 Å². The van der Waals surface area contributed by atoms with Gasteiger partial charge >= 0.3 is 0 Å². The Morgan fingerprint density at radius 3 is 3.08 bits per heavy atom. The van der Waals surface area contributed by atoms with Crippen LogP contribution in [0.3, 0.4) is 0 Å². The first-order valence-corrected chi connectivity index (χ1v) is 4.25. The van der Waals surface area contributed by atoms with Gasteiger partial charge in [-0.2, -0.15) is 0 Å². The SMILES string of the molecule is NCc1cc(OCCCO)ccn1. The molecule has 0 aliphatic rings. The van der Waals surface area contributed by atoms with E-state index in [1.165, 1.54) is 0 Å². The van der Waals surface area contributed by atoms with E-state index < -0.39 is 0 Å².